The predicted molar refractivity (Wildman–Crippen MR) is 74.0 cm³/mol. The first-order valence-corrected chi connectivity index (χ1v) is 7.41. The number of aliphatic hydroxyl groups excluding tert-OH is 1. The SMILES string of the molecule is CCCCCCCC/C=C\C[C@@H]1OC(=O)O[C@@H]1CO. The van der Waals surface area contributed by atoms with Crippen LogP contribution in [0.3, 0.4) is 0 Å². The van der Waals surface area contributed by atoms with E-state index in [1.165, 1.54) is 38.5 Å². The number of aliphatic hydroxyl groups is 1. The van der Waals surface area contributed by atoms with E-state index in [2.05, 4.69) is 13.0 Å². The zero-order valence-corrected chi connectivity index (χ0v) is 11.8. The number of rotatable bonds is 10. The van der Waals surface area contributed by atoms with Crippen LogP contribution < -0.4 is 0 Å². The van der Waals surface area contributed by atoms with E-state index in [1.54, 1.807) is 0 Å². The van der Waals surface area contributed by atoms with Crippen LogP contribution in [-0.4, -0.2) is 30.1 Å². The molecule has 0 aliphatic carbocycles. The molecule has 1 fully saturated rings. The van der Waals surface area contributed by atoms with Gasteiger partial charge >= 0.3 is 6.16 Å². The lowest BCUT2D eigenvalue weighted by Crippen LogP contribution is -2.25. The molecule has 0 spiro atoms. The standard InChI is InChI=1S/C15H26O4/c1-2-3-4-5-6-7-8-9-10-11-13-14(12-16)19-15(17)18-13/h9-10,13-14,16H,2-8,11-12H2,1H3/b10-9-/t13-,14+/m0/s1. The van der Waals surface area contributed by atoms with E-state index in [4.69, 9.17) is 14.6 Å². The minimum atomic E-state index is -0.673. The Kier molecular flexibility index (Phi) is 8.30. The average Bonchev–Trinajstić information content (AvgIpc) is 2.77. The molecule has 0 unspecified atom stereocenters. The smallest absolute Gasteiger partial charge is 0.427 e. The Bertz CT molecular complexity index is 275. The van der Waals surface area contributed by atoms with Crippen LogP contribution in [0.2, 0.25) is 0 Å². The molecule has 1 aliphatic heterocycles. The molecule has 1 rings (SSSR count). The van der Waals surface area contributed by atoms with Crippen LogP contribution in [0.1, 0.15) is 58.3 Å². The summed E-state index contributed by atoms with van der Waals surface area (Å²) in [7, 11) is 0. The molecule has 0 saturated carbocycles. The summed E-state index contributed by atoms with van der Waals surface area (Å²) in [6, 6.07) is 0. The van der Waals surface area contributed by atoms with Crippen molar-refractivity contribution in [3.05, 3.63) is 12.2 Å². The van der Waals surface area contributed by atoms with Gasteiger partial charge < -0.3 is 14.6 Å². The molecule has 1 aliphatic rings. The van der Waals surface area contributed by atoms with E-state index < -0.39 is 12.3 Å². The number of unbranched alkanes of at least 4 members (excludes halogenated alkanes) is 6. The second-order valence-electron chi connectivity index (χ2n) is 5.01. The monoisotopic (exact) mass is 270 g/mol. The predicted octanol–water partition coefficient (Wildman–Crippen LogP) is 3.58. The number of allylic oxidation sites excluding steroid dienone is 1. The normalized spacial score (nSPS) is 22.7. The molecule has 4 heteroatoms. The van der Waals surface area contributed by atoms with Gasteiger partial charge in [-0.1, -0.05) is 51.2 Å². The molecule has 4 nitrogen and oxygen atoms in total. The van der Waals surface area contributed by atoms with Crippen LogP contribution in [0.4, 0.5) is 4.79 Å². The average molecular weight is 270 g/mol. The van der Waals surface area contributed by atoms with Crippen LogP contribution in [0.5, 0.6) is 0 Å². The zero-order valence-electron chi connectivity index (χ0n) is 11.8. The molecule has 0 radical (unpaired) electrons. The maximum Gasteiger partial charge on any atom is 0.509 e. The van der Waals surface area contributed by atoms with Crippen molar-refractivity contribution in [2.24, 2.45) is 0 Å². The Morgan fingerprint density at radius 1 is 1.05 bits per heavy atom. The van der Waals surface area contributed by atoms with Gasteiger partial charge in [0.2, 0.25) is 0 Å². The first-order valence-electron chi connectivity index (χ1n) is 7.41. The highest BCUT2D eigenvalue weighted by atomic mass is 16.8. The van der Waals surface area contributed by atoms with Crippen LogP contribution >= 0.6 is 0 Å². The van der Waals surface area contributed by atoms with Crippen molar-refractivity contribution in [3.63, 3.8) is 0 Å². The van der Waals surface area contributed by atoms with E-state index in [9.17, 15) is 4.79 Å². The largest absolute Gasteiger partial charge is 0.509 e. The third-order valence-electron chi connectivity index (χ3n) is 3.35. The van der Waals surface area contributed by atoms with Crippen molar-refractivity contribution in [1.29, 1.82) is 0 Å². The summed E-state index contributed by atoms with van der Waals surface area (Å²) in [6.07, 6.45) is 12.1. The number of ether oxygens (including phenoxy) is 2. The summed E-state index contributed by atoms with van der Waals surface area (Å²) in [6.45, 7) is 2.05. The Morgan fingerprint density at radius 3 is 2.47 bits per heavy atom. The third-order valence-corrected chi connectivity index (χ3v) is 3.35. The molecule has 0 aromatic carbocycles. The van der Waals surface area contributed by atoms with Gasteiger partial charge in [-0.15, -0.1) is 0 Å². The van der Waals surface area contributed by atoms with Gasteiger partial charge in [0.15, 0.2) is 6.10 Å². The zero-order chi connectivity index (χ0) is 13.9. The van der Waals surface area contributed by atoms with Gasteiger partial charge in [-0.25, -0.2) is 4.79 Å². The summed E-state index contributed by atoms with van der Waals surface area (Å²) in [5, 5.41) is 9.02. The molecule has 0 aromatic rings. The number of hydrogen-bond acceptors (Lipinski definition) is 4. The van der Waals surface area contributed by atoms with Crippen molar-refractivity contribution in [3.8, 4) is 0 Å². The molecule has 19 heavy (non-hydrogen) atoms. The van der Waals surface area contributed by atoms with Crippen molar-refractivity contribution in [1.82, 2.24) is 0 Å². The molecule has 0 amide bonds. The summed E-state index contributed by atoms with van der Waals surface area (Å²) < 4.78 is 9.78. The summed E-state index contributed by atoms with van der Waals surface area (Å²) in [5.74, 6) is 0. The number of hydrogen-bond donors (Lipinski definition) is 1. The third kappa shape index (κ3) is 6.62. The first kappa shape index (κ1) is 16.0. The van der Waals surface area contributed by atoms with E-state index in [0.717, 1.165) is 6.42 Å². The minimum absolute atomic E-state index is 0.179. The van der Waals surface area contributed by atoms with Gasteiger partial charge in [0, 0.05) is 6.42 Å². The lowest BCUT2D eigenvalue weighted by Gasteiger charge is -2.09. The second-order valence-corrected chi connectivity index (χ2v) is 5.01. The van der Waals surface area contributed by atoms with Crippen molar-refractivity contribution in [2.45, 2.75) is 70.5 Å². The van der Waals surface area contributed by atoms with Gasteiger partial charge in [-0.3, -0.25) is 0 Å². The van der Waals surface area contributed by atoms with E-state index in [1.807, 2.05) is 6.08 Å². The summed E-state index contributed by atoms with van der Waals surface area (Å²) in [5.41, 5.74) is 0. The van der Waals surface area contributed by atoms with E-state index in [-0.39, 0.29) is 12.7 Å². The fourth-order valence-corrected chi connectivity index (χ4v) is 2.17. The van der Waals surface area contributed by atoms with Crippen molar-refractivity contribution in [2.75, 3.05) is 6.61 Å². The van der Waals surface area contributed by atoms with Crippen molar-refractivity contribution < 1.29 is 19.4 Å². The molecule has 0 bridgehead atoms. The topological polar surface area (TPSA) is 55.8 Å². The first-order chi connectivity index (χ1) is 9.27. The minimum Gasteiger partial charge on any atom is -0.427 e. The van der Waals surface area contributed by atoms with Gasteiger partial charge in [0.1, 0.15) is 6.10 Å². The van der Waals surface area contributed by atoms with Gasteiger partial charge in [-0.2, -0.15) is 0 Å². The fourth-order valence-electron chi connectivity index (χ4n) is 2.17. The van der Waals surface area contributed by atoms with Crippen LogP contribution in [-0.2, 0) is 9.47 Å². The molecule has 0 aromatic heterocycles. The molecule has 2 atom stereocenters. The van der Waals surface area contributed by atoms with Crippen LogP contribution in [0.15, 0.2) is 12.2 Å². The van der Waals surface area contributed by atoms with Crippen LogP contribution in [0.25, 0.3) is 0 Å². The molecule has 110 valence electrons. The highest BCUT2D eigenvalue weighted by Crippen LogP contribution is 2.18. The summed E-state index contributed by atoms with van der Waals surface area (Å²) in [4.78, 5) is 10.9. The van der Waals surface area contributed by atoms with Crippen molar-refractivity contribution >= 4 is 6.16 Å². The van der Waals surface area contributed by atoms with Gasteiger partial charge in [0.05, 0.1) is 6.61 Å². The molecular formula is C15H26O4. The van der Waals surface area contributed by atoms with Gasteiger partial charge in [-0.05, 0) is 12.8 Å². The number of carbonyl (C=O) groups excluding carboxylic acids is 1. The maximum absolute atomic E-state index is 10.9. The van der Waals surface area contributed by atoms with Crippen LogP contribution in [0, 0.1) is 0 Å². The molecule has 1 saturated heterocycles. The Morgan fingerprint density at radius 2 is 1.74 bits per heavy atom. The number of cyclic esters (lactones) is 2. The highest BCUT2D eigenvalue weighted by molar-refractivity contribution is 5.62. The van der Waals surface area contributed by atoms with Gasteiger partial charge in [0.25, 0.3) is 0 Å². The number of carbonyl (C=O) groups is 1. The van der Waals surface area contributed by atoms with E-state index >= 15 is 0 Å². The Balaban J connectivity index is 2.02. The fraction of sp³-hybridized carbons (Fsp3) is 0.800. The molecule has 1 heterocycles. The molecular weight excluding hydrogens is 244 g/mol. The Labute approximate surface area is 115 Å². The quantitative estimate of drug-likeness (QED) is 0.374. The summed E-state index contributed by atoms with van der Waals surface area (Å²) >= 11 is 0. The second kappa shape index (κ2) is 9.84. The maximum atomic E-state index is 10.9. The highest BCUT2D eigenvalue weighted by Gasteiger charge is 2.34. The Hall–Kier alpha value is -1.03. The van der Waals surface area contributed by atoms with E-state index in [0.29, 0.717) is 6.42 Å². The lowest BCUT2D eigenvalue weighted by molar-refractivity contribution is 0.0823. The molecule has 1 N–H and O–H groups in total. The lowest BCUT2D eigenvalue weighted by atomic mass is 10.1.